The van der Waals surface area contributed by atoms with Gasteiger partial charge in [0.25, 0.3) is 0 Å². The Kier molecular flexibility index (Phi) is 3.91. The van der Waals surface area contributed by atoms with E-state index in [4.69, 9.17) is 15.2 Å². The van der Waals surface area contributed by atoms with E-state index < -0.39 is 0 Å². The summed E-state index contributed by atoms with van der Waals surface area (Å²) < 4.78 is 10.9. The van der Waals surface area contributed by atoms with E-state index in [-0.39, 0.29) is 5.60 Å². The van der Waals surface area contributed by atoms with Crippen molar-refractivity contribution in [1.29, 1.82) is 0 Å². The molecule has 0 radical (unpaired) electrons. The van der Waals surface area contributed by atoms with Crippen molar-refractivity contribution in [2.45, 2.75) is 26.4 Å². The van der Waals surface area contributed by atoms with Crippen molar-refractivity contribution in [3.63, 3.8) is 0 Å². The van der Waals surface area contributed by atoms with Gasteiger partial charge in [0.05, 0.1) is 12.2 Å². The Labute approximate surface area is 90.4 Å². The number of rotatable bonds is 4. The molecule has 0 saturated carbocycles. The summed E-state index contributed by atoms with van der Waals surface area (Å²) in [7, 11) is 0. The minimum Gasteiger partial charge on any atom is -0.475 e. The highest BCUT2D eigenvalue weighted by molar-refractivity contribution is 5.39. The average molecular weight is 210 g/mol. The van der Waals surface area contributed by atoms with Crippen molar-refractivity contribution < 1.29 is 9.47 Å². The first-order valence-electron chi connectivity index (χ1n) is 4.96. The SMILES string of the molecule is CC(C)(C)OCCOc1cc(N)ccn1. The molecule has 2 N–H and O–H groups in total. The van der Waals surface area contributed by atoms with E-state index in [1.807, 2.05) is 20.8 Å². The quantitative estimate of drug-likeness (QED) is 0.771. The molecule has 4 nitrogen and oxygen atoms in total. The van der Waals surface area contributed by atoms with Crippen LogP contribution in [0.5, 0.6) is 5.88 Å². The Morgan fingerprint density at radius 1 is 1.33 bits per heavy atom. The van der Waals surface area contributed by atoms with Crippen LogP contribution < -0.4 is 10.5 Å². The number of pyridine rings is 1. The standard InChI is InChI=1S/C11H18N2O2/c1-11(2,3)15-7-6-14-10-8-9(12)4-5-13-10/h4-5,8H,6-7H2,1-3H3,(H2,12,13). The number of nitrogens with two attached hydrogens (primary N) is 1. The second-order valence-corrected chi connectivity index (χ2v) is 4.24. The minimum atomic E-state index is -0.132. The molecule has 0 aliphatic carbocycles. The van der Waals surface area contributed by atoms with E-state index in [1.54, 1.807) is 18.3 Å². The van der Waals surface area contributed by atoms with Gasteiger partial charge in [-0.25, -0.2) is 4.98 Å². The maximum atomic E-state index is 5.58. The number of nitrogen functional groups attached to an aromatic ring is 1. The Morgan fingerprint density at radius 3 is 2.67 bits per heavy atom. The highest BCUT2D eigenvalue weighted by Crippen LogP contribution is 2.11. The van der Waals surface area contributed by atoms with E-state index in [0.717, 1.165) is 0 Å². The van der Waals surface area contributed by atoms with Gasteiger partial charge in [0.15, 0.2) is 0 Å². The summed E-state index contributed by atoms with van der Waals surface area (Å²) in [5.41, 5.74) is 6.10. The van der Waals surface area contributed by atoms with Crippen LogP contribution in [0.25, 0.3) is 0 Å². The average Bonchev–Trinajstić information content (AvgIpc) is 2.11. The van der Waals surface area contributed by atoms with Crippen molar-refractivity contribution in [2.75, 3.05) is 18.9 Å². The number of aromatic nitrogens is 1. The third-order valence-electron chi connectivity index (χ3n) is 1.63. The largest absolute Gasteiger partial charge is 0.475 e. The van der Waals surface area contributed by atoms with Gasteiger partial charge >= 0.3 is 0 Å². The van der Waals surface area contributed by atoms with Gasteiger partial charge in [-0.2, -0.15) is 0 Å². The molecule has 0 aromatic carbocycles. The Bertz CT molecular complexity index is 308. The molecule has 1 aromatic rings. The normalized spacial score (nSPS) is 11.4. The third kappa shape index (κ3) is 5.22. The Morgan fingerprint density at radius 2 is 2.07 bits per heavy atom. The van der Waals surface area contributed by atoms with Crippen LogP contribution in [0.15, 0.2) is 18.3 Å². The lowest BCUT2D eigenvalue weighted by Crippen LogP contribution is -2.22. The molecule has 0 bridgehead atoms. The van der Waals surface area contributed by atoms with Gasteiger partial charge in [-0.05, 0) is 26.8 Å². The van der Waals surface area contributed by atoms with Crippen LogP contribution >= 0.6 is 0 Å². The molecule has 0 aliphatic heterocycles. The van der Waals surface area contributed by atoms with Gasteiger partial charge < -0.3 is 15.2 Å². The van der Waals surface area contributed by atoms with Gasteiger partial charge in [0, 0.05) is 18.0 Å². The van der Waals surface area contributed by atoms with Gasteiger partial charge in [-0.3, -0.25) is 0 Å². The summed E-state index contributed by atoms with van der Waals surface area (Å²) in [6.07, 6.45) is 1.62. The van der Waals surface area contributed by atoms with E-state index in [1.165, 1.54) is 0 Å². The minimum absolute atomic E-state index is 0.132. The van der Waals surface area contributed by atoms with Gasteiger partial charge in [-0.15, -0.1) is 0 Å². The van der Waals surface area contributed by atoms with Crippen LogP contribution in [0.1, 0.15) is 20.8 Å². The number of anilines is 1. The predicted octanol–water partition coefficient (Wildman–Crippen LogP) is 1.86. The molecule has 1 rings (SSSR count). The molecule has 4 heteroatoms. The first-order valence-corrected chi connectivity index (χ1v) is 4.96. The fraction of sp³-hybridized carbons (Fsp3) is 0.545. The number of hydrogen-bond acceptors (Lipinski definition) is 4. The smallest absolute Gasteiger partial charge is 0.215 e. The molecule has 0 atom stereocenters. The van der Waals surface area contributed by atoms with Gasteiger partial charge in [-0.1, -0.05) is 0 Å². The van der Waals surface area contributed by atoms with Gasteiger partial charge in [0.2, 0.25) is 5.88 Å². The zero-order valence-electron chi connectivity index (χ0n) is 9.49. The fourth-order valence-corrected chi connectivity index (χ4v) is 0.998. The molecule has 0 amide bonds. The zero-order chi connectivity index (χ0) is 11.3. The molecule has 1 heterocycles. The summed E-state index contributed by atoms with van der Waals surface area (Å²) >= 11 is 0. The number of hydrogen-bond donors (Lipinski definition) is 1. The van der Waals surface area contributed by atoms with Crippen LogP contribution in [-0.2, 0) is 4.74 Å². The van der Waals surface area contributed by atoms with E-state index in [9.17, 15) is 0 Å². The molecular weight excluding hydrogens is 192 g/mol. The van der Waals surface area contributed by atoms with Crippen molar-refractivity contribution in [1.82, 2.24) is 4.98 Å². The van der Waals surface area contributed by atoms with Gasteiger partial charge in [0.1, 0.15) is 6.61 Å². The highest BCUT2D eigenvalue weighted by atomic mass is 16.5. The van der Waals surface area contributed by atoms with Crippen LogP contribution in [0.4, 0.5) is 5.69 Å². The van der Waals surface area contributed by atoms with Crippen LogP contribution in [-0.4, -0.2) is 23.8 Å². The van der Waals surface area contributed by atoms with Crippen molar-refractivity contribution in [3.8, 4) is 5.88 Å². The Hall–Kier alpha value is -1.29. The second-order valence-electron chi connectivity index (χ2n) is 4.24. The fourth-order valence-electron chi connectivity index (χ4n) is 0.998. The molecule has 0 saturated heterocycles. The third-order valence-corrected chi connectivity index (χ3v) is 1.63. The summed E-state index contributed by atoms with van der Waals surface area (Å²) in [5.74, 6) is 0.535. The second kappa shape index (κ2) is 4.98. The molecule has 1 aromatic heterocycles. The molecule has 84 valence electrons. The molecule has 0 spiro atoms. The maximum absolute atomic E-state index is 5.58. The maximum Gasteiger partial charge on any atom is 0.215 e. The summed E-state index contributed by atoms with van der Waals surface area (Å²) in [6, 6.07) is 3.41. The molecule has 0 unspecified atom stereocenters. The van der Waals surface area contributed by atoms with E-state index in [0.29, 0.717) is 24.8 Å². The van der Waals surface area contributed by atoms with E-state index in [2.05, 4.69) is 4.98 Å². The lowest BCUT2D eigenvalue weighted by molar-refractivity contribution is -0.0168. The van der Waals surface area contributed by atoms with Crippen LogP contribution in [0.2, 0.25) is 0 Å². The topological polar surface area (TPSA) is 57.4 Å². The van der Waals surface area contributed by atoms with E-state index >= 15 is 0 Å². The van der Waals surface area contributed by atoms with Crippen molar-refractivity contribution in [2.24, 2.45) is 0 Å². The molecular formula is C11H18N2O2. The number of ether oxygens (including phenoxy) is 2. The molecule has 15 heavy (non-hydrogen) atoms. The Balaban J connectivity index is 2.26. The first-order chi connectivity index (χ1) is 6.97. The van der Waals surface area contributed by atoms with Crippen LogP contribution in [0.3, 0.4) is 0 Å². The molecule has 0 fully saturated rings. The lowest BCUT2D eigenvalue weighted by atomic mass is 10.2. The van der Waals surface area contributed by atoms with Crippen molar-refractivity contribution in [3.05, 3.63) is 18.3 Å². The summed E-state index contributed by atoms with van der Waals surface area (Å²) in [4.78, 5) is 4.02. The predicted molar refractivity (Wildman–Crippen MR) is 59.8 cm³/mol. The summed E-state index contributed by atoms with van der Waals surface area (Å²) in [6.45, 7) is 7.04. The first kappa shape index (κ1) is 11.8. The molecule has 0 aliphatic rings. The lowest BCUT2D eigenvalue weighted by Gasteiger charge is -2.19. The zero-order valence-corrected chi connectivity index (χ0v) is 9.49. The summed E-state index contributed by atoms with van der Waals surface area (Å²) in [5, 5.41) is 0. The number of nitrogens with zero attached hydrogens (tertiary/aromatic N) is 1. The van der Waals surface area contributed by atoms with Crippen molar-refractivity contribution >= 4 is 5.69 Å². The monoisotopic (exact) mass is 210 g/mol. The highest BCUT2D eigenvalue weighted by Gasteiger charge is 2.09. The van der Waals surface area contributed by atoms with Crippen LogP contribution in [0, 0.1) is 0 Å².